The van der Waals surface area contributed by atoms with E-state index < -0.39 is 0 Å². The summed E-state index contributed by atoms with van der Waals surface area (Å²) in [5, 5.41) is 3.54. The van der Waals surface area contributed by atoms with E-state index in [0.717, 1.165) is 62.2 Å². The van der Waals surface area contributed by atoms with Crippen molar-refractivity contribution in [1.82, 2.24) is 19.4 Å². The number of nitrogens with zero attached hydrogens (tertiary/aromatic N) is 4. The largest absolute Gasteiger partial charge is 0.339 e. The van der Waals surface area contributed by atoms with Crippen LogP contribution in [0.4, 0.5) is 0 Å². The van der Waals surface area contributed by atoms with Crippen molar-refractivity contribution in [3.8, 4) is 0 Å². The lowest BCUT2D eigenvalue weighted by Gasteiger charge is -2.34. The van der Waals surface area contributed by atoms with E-state index in [2.05, 4.69) is 22.4 Å². The van der Waals surface area contributed by atoms with E-state index in [-0.39, 0.29) is 11.5 Å². The third-order valence-corrected chi connectivity index (χ3v) is 8.98. The van der Waals surface area contributed by atoms with Crippen molar-refractivity contribution < 1.29 is 4.79 Å². The van der Waals surface area contributed by atoms with Gasteiger partial charge in [-0.15, -0.1) is 22.7 Å². The zero-order valence-electron chi connectivity index (χ0n) is 16.9. The number of piperazine rings is 1. The SMILES string of the molecule is Cn1c(SCC(=O)N2CCN(Cc3cccs3)CC2)nc2sc3c(c2c1=O)CCC3. The number of carbonyl (C=O) groups excluding carboxylic acids is 1. The third-order valence-electron chi connectivity index (χ3n) is 5.91. The molecule has 158 valence electrons. The number of aryl methyl sites for hydroxylation is 2. The fraction of sp³-hybridized carbons (Fsp3) is 0.476. The summed E-state index contributed by atoms with van der Waals surface area (Å²) in [6, 6.07) is 4.24. The number of rotatable bonds is 5. The summed E-state index contributed by atoms with van der Waals surface area (Å²) in [6.45, 7) is 4.28. The molecular formula is C21H24N4O2S3. The van der Waals surface area contributed by atoms with Gasteiger partial charge in [0.25, 0.3) is 5.56 Å². The molecule has 0 aromatic carbocycles. The van der Waals surface area contributed by atoms with E-state index in [4.69, 9.17) is 4.98 Å². The van der Waals surface area contributed by atoms with Crippen molar-refractivity contribution in [2.24, 2.45) is 7.05 Å². The first-order chi connectivity index (χ1) is 14.6. The molecule has 0 bridgehead atoms. The Kier molecular flexibility index (Phi) is 5.70. The molecule has 9 heteroatoms. The lowest BCUT2D eigenvalue weighted by molar-refractivity contribution is -0.130. The van der Waals surface area contributed by atoms with Gasteiger partial charge in [0, 0.05) is 49.5 Å². The van der Waals surface area contributed by atoms with E-state index in [1.165, 1.54) is 27.1 Å². The van der Waals surface area contributed by atoms with Gasteiger partial charge in [0.15, 0.2) is 5.16 Å². The highest BCUT2D eigenvalue weighted by Crippen LogP contribution is 2.35. The number of carbonyl (C=O) groups is 1. The van der Waals surface area contributed by atoms with E-state index in [9.17, 15) is 9.59 Å². The minimum Gasteiger partial charge on any atom is -0.339 e. The van der Waals surface area contributed by atoms with Crippen LogP contribution in [0.1, 0.15) is 21.7 Å². The molecule has 3 aromatic rings. The van der Waals surface area contributed by atoms with Crippen LogP contribution in [-0.4, -0.2) is 57.2 Å². The van der Waals surface area contributed by atoms with Crippen molar-refractivity contribution in [2.45, 2.75) is 31.0 Å². The van der Waals surface area contributed by atoms with Gasteiger partial charge >= 0.3 is 0 Å². The summed E-state index contributed by atoms with van der Waals surface area (Å²) in [6.07, 6.45) is 3.17. The van der Waals surface area contributed by atoms with Gasteiger partial charge in [0.1, 0.15) is 4.83 Å². The van der Waals surface area contributed by atoms with Crippen molar-refractivity contribution in [3.05, 3.63) is 43.2 Å². The van der Waals surface area contributed by atoms with Crippen LogP contribution in [0.2, 0.25) is 0 Å². The van der Waals surface area contributed by atoms with Crippen LogP contribution in [-0.2, 0) is 31.2 Å². The Balaban J connectivity index is 1.21. The van der Waals surface area contributed by atoms with Crippen molar-refractivity contribution in [2.75, 3.05) is 31.9 Å². The predicted molar refractivity (Wildman–Crippen MR) is 124 cm³/mol. The molecule has 5 rings (SSSR count). The lowest BCUT2D eigenvalue weighted by Crippen LogP contribution is -2.48. The maximum Gasteiger partial charge on any atom is 0.262 e. The van der Waals surface area contributed by atoms with Gasteiger partial charge in [-0.1, -0.05) is 17.8 Å². The molecule has 30 heavy (non-hydrogen) atoms. The normalized spacial score (nSPS) is 17.0. The summed E-state index contributed by atoms with van der Waals surface area (Å²) in [5.74, 6) is 0.445. The molecule has 4 heterocycles. The van der Waals surface area contributed by atoms with Crippen LogP contribution in [0.15, 0.2) is 27.5 Å². The molecule has 6 nitrogen and oxygen atoms in total. The summed E-state index contributed by atoms with van der Waals surface area (Å²) in [7, 11) is 1.77. The molecule has 2 aliphatic rings. The highest BCUT2D eigenvalue weighted by molar-refractivity contribution is 7.99. The van der Waals surface area contributed by atoms with Crippen LogP contribution in [0.5, 0.6) is 0 Å². The number of thioether (sulfide) groups is 1. The Morgan fingerprint density at radius 1 is 1.23 bits per heavy atom. The molecule has 1 aliphatic carbocycles. The van der Waals surface area contributed by atoms with Crippen molar-refractivity contribution in [1.29, 1.82) is 0 Å². The Hall–Kier alpha value is -1.68. The zero-order valence-corrected chi connectivity index (χ0v) is 19.4. The number of hydrogen-bond acceptors (Lipinski definition) is 7. The summed E-state index contributed by atoms with van der Waals surface area (Å²) in [4.78, 5) is 38.2. The number of fused-ring (bicyclic) bond motifs is 3. The van der Waals surface area contributed by atoms with E-state index in [1.54, 1.807) is 34.3 Å². The molecule has 0 atom stereocenters. The Labute approximate surface area is 187 Å². The van der Waals surface area contributed by atoms with Crippen LogP contribution in [0.3, 0.4) is 0 Å². The Bertz CT molecular complexity index is 1130. The quantitative estimate of drug-likeness (QED) is 0.433. The maximum atomic E-state index is 12.9. The third kappa shape index (κ3) is 3.84. The molecular weight excluding hydrogens is 436 g/mol. The van der Waals surface area contributed by atoms with Crippen LogP contribution >= 0.6 is 34.4 Å². The maximum absolute atomic E-state index is 12.9. The summed E-state index contributed by atoms with van der Waals surface area (Å²) < 4.78 is 1.62. The van der Waals surface area contributed by atoms with Gasteiger partial charge in [-0.3, -0.25) is 19.1 Å². The molecule has 0 radical (unpaired) electrons. The van der Waals surface area contributed by atoms with Gasteiger partial charge < -0.3 is 4.90 Å². The average molecular weight is 461 g/mol. The molecule has 1 saturated heterocycles. The minimum absolute atomic E-state index is 0.0246. The molecule has 1 amide bonds. The molecule has 1 aliphatic heterocycles. The second kappa shape index (κ2) is 8.45. The predicted octanol–water partition coefficient (Wildman–Crippen LogP) is 2.98. The van der Waals surface area contributed by atoms with Gasteiger partial charge in [0.2, 0.25) is 5.91 Å². The second-order valence-electron chi connectivity index (χ2n) is 7.82. The topological polar surface area (TPSA) is 58.4 Å². The fourth-order valence-electron chi connectivity index (χ4n) is 4.23. The molecule has 1 fully saturated rings. The summed E-state index contributed by atoms with van der Waals surface area (Å²) >= 11 is 4.81. The number of thiophene rings is 2. The Morgan fingerprint density at radius 2 is 2.07 bits per heavy atom. The highest BCUT2D eigenvalue weighted by Gasteiger charge is 2.24. The van der Waals surface area contributed by atoms with Crippen LogP contribution < -0.4 is 5.56 Å². The standard InChI is InChI=1S/C21H24N4O2S3/c1-23-20(27)18-15-5-2-6-16(15)30-19(18)22-21(23)29-13-17(26)25-9-7-24(8-10-25)12-14-4-3-11-28-14/h3-4,11H,2,5-10,12-13H2,1H3. The van der Waals surface area contributed by atoms with Gasteiger partial charge in [0.05, 0.1) is 11.1 Å². The smallest absolute Gasteiger partial charge is 0.262 e. The summed E-state index contributed by atoms with van der Waals surface area (Å²) in [5.41, 5.74) is 1.23. The zero-order chi connectivity index (χ0) is 20.7. The van der Waals surface area contributed by atoms with E-state index in [0.29, 0.717) is 10.9 Å². The molecule has 0 unspecified atom stereocenters. The Morgan fingerprint density at radius 3 is 2.83 bits per heavy atom. The second-order valence-corrected chi connectivity index (χ2v) is 10.9. The lowest BCUT2D eigenvalue weighted by atomic mass is 10.2. The average Bonchev–Trinajstić information content (AvgIpc) is 3.47. The first-order valence-electron chi connectivity index (χ1n) is 10.3. The monoisotopic (exact) mass is 460 g/mol. The number of amides is 1. The van der Waals surface area contributed by atoms with Crippen molar-refractivity contribution >= 4 is 50.6 Å². The molecule has 0 spiro atoms. The van der Waals surface area contributed by atoms with Crippen LogP contribution in [0, 0.1) is 0 Å². The van der Waals surface area contributed by atoms with E-state index >= 15 is 0 Å². The highest BCUT2D eigenvalue weighted by atomic mass is 32.2. The number of hydrogen-bond donors (Lipinski definition) is 0. The fourth-order valence-corrected chi connectivity index (χ4v) is 7.15. The first kappa shape index (κ1) is 20.2. The van der Waals surface area contributed by atoms with Gasteiger partial charge in [-0.05, 0) is 36.3 Å². The first-order valence-corrected chi connectivity index (χ1v) is 12.9. The van der Waals surface area contributed by atoms with Crippen LogP contribution in [0.25, 0.3) is 10.2 Å². The molecule has 0 N–H and O–H groups in total. The van der Waals surface area contributed by atoms with E-state index in [1.807, 2.05) is 4.90 Å². The molecule has 3 aromatic heterocycles. The minimum atomic E-state index is 0.0246. The molecule has 0 saturated carbocycles. The van der Waals surface area contributed by atoms with Gasteiger partial charge in [-0.2, -0.15) is 0 Å². The number of aromatic nitrogens is 2. The van der Waals surface area contributed by atoms with Crippen molar-refractivity contribution in [3.63, 3.8) is 0 Å². The van der Waals surface area contributed by atoms with Gasteiger partial charge in [-0.25, -0.2) is 4.98 Å².